The van der Waals surface area contributed by atoms with E-state index in [1.807, 2.05) is 37.4 Å². The van der Waals surface area contributed by atoms with Crippen LogP contribution in [0.25, 0.3) is 0 Å². The third-order valence-corrected chi connectivity index (χ3v) is 7.73. The van der Waals surface area contributed by atoms with Gasteiger partial charge < -0.3 is 14.4 Å². The summed E-state index contributed by atoms with van der Waals surface area (Å²) < 4.78 is 28.2. The van der Waals surface area contributed by atoms with Gasteiger partial charge in [0.2, 0.25) is 15.9 Å². The lowest BCUT2D eigenvalue weighted by atomic mass is 10.0. The molecule has 0 saturated carbocycles. The maximum atomic E-state index is 13.2. The van der Waals surface area contributed by atoms with Crippen molar-refractivity contribution in [1.29, 1.82) is 0 Å². The summed E-state index contributed by atoms with van der Waals surface area (Å²) in [5, 5.41) is 0. The fourth-order valence-corrected chi connectivity index (χ4v) is 5.39. The maximum absolute atomic E-state index is 13.2. The fourth-order valence-electron chi connectivity index (χ4n) is 3.91. The number of sulfonamides is 1. The van der Waals surface area contributed by atoms with Gasteiger partial charge in [-0.15, -0.1) is 0 Å². The van der Waals surface area contributed by atoms with Crippen LogP contribution in [0.4, 0.5) is 0 Å². The zero-order valence-corrected chi connectivity index (χ0v) is 19.1. The van der Waals surface area contributed by atoms with Gasteiger partial charge in [-0.05, 0) is 18.7 Å². The van der Waals surface area contributed by atoms with E-state index < -0.39 is 15.6 Å². The molecule has 2 heterocycles. The number of amides is 1. The highest BCUT2D eigenvalue weighted by Gasteiger charge is 2.30. The number of likely N-dealkylation sites (N-methyl/N-ethyl adjacent to an activating group) is 1. The summed E-state index contributed by atoms with van der Waals surface area (Å²) in [6, 6.07) is 12.2. The molecule has 8 nitrogen and oxygen atoms in total. The van der Waals surface area contributed by atoms with Gasteiger partial charge in [0.15, 0.2) is 0 Å². The average molecular weight is 447 g/mol. The molecule has 1 aliphatic heterocycles. The van der Waals surface area contributed by atoms with Crippen LogP contribution in [-0.4, -0.2) is 72.8 Å². The van der Waals surface area contributed by atoms with Gasteiger partial charge in [-0.25, -0.2) is 8.42 Å². The molecule has 0 unspecified atom stereocenters. The van der Waals surface area contributed by atoms with Crippen LogP contribution in [0.5, 0.6) is 0 Å². The molecule has 168 valence electrons. The van der Waals surface area contributed by atoms with E-state index in [2.05, 4.69) is 4.90 Å². The minimum Gasteiger partial charge on any atom is -0.332 e. The van der Waals surface area contributed by atoms with Crippen LogP contribution in [0, 0.1) is 0 Å². The Balaban J connectivity index is 1.88. The molecule has 1 aliphatic rings. The van der Waals surface area contributed by atoms with E-state index in [-0.39, 0.29) is 23.4 Å². The quantitative estimate of drug-likeness (QED) is 0.642. The van der Waals surface area contributed by atoms with Gasteiger partial charge in [-0.3, -0.25) is 9.59 Å². The lowest BCUT2D eigenvalue weighted by Gasteiger charge is -2.40. The normalized spacial score (nSPS) is 17.8. The van der Waals surface area contributed by atoms with Gasteiger partial charge in [0, 0.05) is 45.0 Å². The first-order valence-corrected chi connectivity index (χ1v) is 12.0. The van der Waals surface area contributed by atoms with Crippen molar-refractivity contribution in [3.05, 3.63) is 64.6 Å². The number of carbonyl (C=O) groups is 1. The molecule has 1 fully saturated rings. The smallest absolute Gasteiger partial charge is 0.251 e. The average Bonchev–Trinajstić information content (AvgIpc) is 2.76. The van der Waals surface area contributed by atoms with Crippen molar-refractivity contribution >= 4 is 15.9 Å². The molecular weight excluding hydrogens is 416 g/mol. The van der Waals surface area contributed by atoms with E-state index in [1.54, 1.807) is 18.7 Å². The van der Waals surface area contributed by atoms with E-state index >= 15 is 0 Å². The molecule has 0 radical (unpaired) electrons. The number of aromatic nitrogens is 1. The first kappa shape index (κ1) is 23.2. The van der Waals surface area contributed by atoms with E-state index in [0.717, 1.165) is 12.1 Å². The Morgan fingerprint density at radius 1 is 1.06 bits per heavy atom. The van der Waals surface area contributed by atoms with Crippen molar-refractivity contribution in [3.8, 4) is 0 Å². The summed E-state index contributed by atoms with van der Waals surface area (Å²) >= 11 is 0. The first-order valence-electron chi connectivity index (χ1n) is 10.5. The van der Waals surface area contributed by atoms with Gasteiger partial charge in [-0.2, -0.15) is 4.31 Å². The molecule has 1 amide bonds. The minimum absolute atomic E-state index is 0.0154. The summed E-state index contributed by atoms with van der Waals surface area (Å²) in [5.74, 6) is -0.207. The second kappa shape index (κ2) is 9.76. The Morgan fingerprint density at radius 3 is 2.39 bits per heavy atom. The monoisotopic (exact) mass is 446 g/mol. The SMILES string of the molecule is CCN(CC)S(=O)(=O)c1ccc(=O)n(CC(=O)N2CCN(C)C[C@@H]2c2ccccc2)c1. The number of hydrogen-bond acceptors (Lipinski definition) is 5. The largest absolute Gasteiger partial charge is 0.332 e. The zero-order valence-electron chi connectivity index (χ0n) is 18.3. The maximum Gasteiger partial charge on any atom is 0.251 e. The number of pyridine rings is 1. The van der Waals surface area contributed by atoms with Crippen LogP contribution in [-0.2, 0) is 21.4 Å². The lowest BCUT2D eigenvalue weighted by Crippen LogP contribution is -2.50. The Kier molecular flexibility index (Phi) is 7.30. The summed E-state index contributed by atoms with van der Waals surface area (Å²) in [6.07, 6.45) is 1.28. The topological polar surface area (TPSA) is 82.9 Å². The highest BCUT2D eigenvalue weighted by atomic mass is 32.2. The molecule has 3 rings (SSSR count). The molecular formula is C22H30N4O4S. The third-order valence-electron chi connectivity index (χ3n) is 5.69. The lowest BCUT2D eigenvalue weighted by molar-refractivity contribution is -0.136. The molecule has 1 atom stereocenters. The molecule has 0 aliphatic carbocycles. The molecule has 0 bridgehead atoms. The van der Waals surface area contributed by atoms with Gasteiger partial charge in [0.25, 0.3) is 5.56 Å². The Morgan fingerprint density at radius 2 is 1.74 bits per heavy atom. The van der Waals surface area contributed by atoms with Gasteiger partial charge in [-0.1, -0.05) is 44.2 Å². The molecule has 0 N–H and O–H groups in total. The third kappa shape index (κ3) is 5.06. The molecule has 9 heteroatoms. The zero-order chi connectivity index (χ0) is 22.6. The minimum atomic E-state index is -3.72. The van der Waals surface area contributed by atoms with Crippen LogP contribution in [0.1, 0.15) is 25.5 Å². The van der Waals surface area contributed by atoms with E-state index in [1.165, 1.54) is 27.2 Å². The second-order valence-electron chi connectivity index (χ2n) is 7.70. The summed E-state index contributed by atoms with van der Waals surface area (Å²) in [4.78, 5) is 29.6. The predicted octanol–water partition coefficient (Wildman–Crippen LogP) is 1.39. The van der Waals surface area contributed by atoms with Crippen LogP contribution in [0.15, 0.2) is 58.4 Å². The van der Waals surface area contributed by atoms with Gasteiger partial charge in [0.05, 0.1) is 10.9 Å². The van der Waals surface area contributed by atoms with Crippen molar-refractivity contribution in [2.75, 3.05) is 39.8 Å². The van der Waals surface area contributed by atoms with Gasteiger partial charge in [0.1, 0.15) is 6.54 Å². The first-order chi connectivity index (χ1) is 14.8. The van der Waals surface area contributed by atoms with Crippen molar-refractivity contribution in [1.82, 2.24) is 18.7 Å². The summed E-state index contributed by atoms with van der Waals surface area (Å²) in [6.45, 7) is 5.96. The predicted molar refractivity (Wildman–Crippen MR) is 119 cm³/mol. The van der Waals surface area contributed by atoms with E-state index in [4.69, 9.17) is 0 Å². The fraction of sp³-hybridized carbons (Fsp3) is 0.455. The molecule has 0 spiro atoms. The number of benzene rings is 1. The number of nitrogens with zero attached hydrogens (tertiary/aromatic N) is 4. The number of piperazine rings is 1. The Hall–Kier alpha value is -2.49. The van der Waals surface area contributed by atoms with Crippen molar-refractivity contribution in [2.45, 2.75) is 31.3 Å². The van der Waals surface area contributed by atoms with Crippen molar-refractivity contribution < 1.29 is 13.2 Å². The molecule has 31 heavy (non-hydrogen) atoms. The Bertz CT molecular complexity index is 1060. The molecule has 2 aromatic rings. The van der Waals surface area contributed by atoms with Crippen molar-refractivity contribution in [2.24, 2.45) is 0 Å². The molecule has 1 aromatic carbocycles. The van der Waals surface area contributed by atoms with E-state index in [0.29, 0.717) is 26.2 Å². The standard InChI is InChI=1S/C22H30N4O4S/c1-4-25(5-2)31(29,30)19-11-12-21(27)24(15-19)17-22(28)26-14-13-23(3)16-20(26)18-9-7-6-8-10-18/h6-12,15,20H,4-5,13-14,16-17H2,1-3H3/t20-/m1/s1. The second-order valence-corrected chi connectivity index (χ2v) is 9.63. The summed E-state index contributed by atoms with van der Waals surface area (Å²) in [5.41, 5.74) is 0.629. The van der Waals surface area contributed by atoms with Gasteiger partial charge >= 0.3 is 0 Å². The molecule has 1 aromatic heterocycles. The van der Waals surface area contributed by atoms with Crippen LogP contribution in [0.2, 0.25) is 0 Å². The van der Waals surface area contributed by atoms with Crippen LogP contribution >= 0.6 is 0 Å². The van der Waals surface area contributed by atoms with Crippen LogP contribution in [0.3, 0.4) is 0 Å². The summed E-state index contributed by atoms with van der Waals surface area (Å²) in [7, 11) is -1.70. The number of carbonyl (C=O) groups excluding carboxylic acids is 1. The molecule has 1 saturated heterocycles. The van der Waals surface area contributed by atoms with Crippen LogP contribution < -0.4 is 5.56 Å². The number of rotatable bonds is 7. The van der Waals surface area contributed by atoms with E-state index in [9.17, 15) is 18.0 Å². The highest BCUT2D eigenvalue weighted by molar-refractivity contribution is 7.89. The Labute approximate surface area is 183 Å². The van der Waals surface area contributed by atoms with Crippen molar-refractivity contribution in [3.63, 3.8) is 0 Å². The number of hydrogen-bond donors (Lipinski definition) is 0. The highest BCUT2D eigenvalue weighted by Crippen LogP contribution is 2.25.